The molecule has 3 aromatic carbocycles. The zero-order valence-electron chi connectivity index (χ0n) is 16.3. The van der Waals surface area contributed by atoms with Crippen LogP contribution in [-0.2, 0) is 19.9 Å². The van der Waals surface area contributed by atoms with E-state index < -0.39 is 0 Å². The molecule has 28 heavy (non-hydrogen) atoms. The van der Waals surface area contributed by atoms with Crippen molar-refractivity contribution < 1.29 is 9.30 Å². The average Bonchev–Trinajstić information content (AvgIpc) is 2.70. The topological polar surface area (TPSA) is 36.9 Å². The standard InChI is InChI=1S/C25H21N2O/c1-4-18-20-8-6-5-7-19(20)15(2)22-24-23-17(10-12-27(24)3)13-16(9-11-26)14-21(23)28-25(18)22/h5-8,10,12-14H,4,9H2,1-3H3/q+1. The van der Waals surface area contributed by atoms with Crippen LogP contribution >= 0.6 is 0 Å². The van der Waals surface area contributed by atoms with Crippen molar-refractivity contribution >= 4 is 21.5 Å². The van der Waals surface area contributed by atoms with Crippen LogP contribution in [0.25, 0.3) is 32.8 Å². The van der Waals surface area contributed by atoms with Gasteiger partial charge in [0.25, 0.3) is 0 Å². The van der Waals surface area contributed by atoms with Crippen LogP contribution in [0.4, 0.5) is 0 Å². The molecule has 0 saturated heterocycles. The summed E-state index contributed by atoms with van der Waals surface area (Å²) in [6.45, 7) is 4.38. The van der Waals surface area contributed by atoms with Crippen molar-refractivity contribution in [2.75, 3.05) is 0 Å². The lowest BCUT2D eigenvalue weighted by atomic mass is 9.87. The van der Waals surface area contributed by atoms with E-state index in [1.54, 1.807) is 0 Å². The molecule has 3 nitrogen and oxygen atoms in total. The average molecular weight is 365 g/mol. The van der Waals surface area contributed by atoms with Gasteiger partial charge in [0, 0.05) is 11.6 Å². The summed E-state index contributed by atoms with van der Waals surface area (Å²) in [5.41, 5.74) is 5.85. The van der Waals surface area contributed by atoms with Gasteiger partial charge >= 0.3 is 0 Å². The first kappa shape index (κ1) is 16.8. The third-order valence-corrected chi connectivity index (χ3v) is 5.88. The van der Waals surface area contributed by atoms with Gasteiger partial charge in [0.05, 0.1) is 23.4 Å². The van der Waals surface area contributed by atoms with E-state index in [-0.39, 0.29) is 0 Å². The first-order valence-electron chi connectivity index (χ1n) is 9.68. The second kappa shape index (κ2) is 6.07. The monoisotopic (exact) mass is 365 g/mol. The highest BCUT2D eigenvalue weighted by Gasteiger charge is 2.32. The summed E-state index contributed by atoms with van der Waals surface area (Å²) in [7, 11) is 2.09. The molecule has 136 valence electrons. The third-order valence-electron chi connectivity index (χ3n) is 5.88. The first-order valence-corrected chi connectivity index (χ1v) is 9.68. The molecule has 0 unspecified atom stereocenters. The SMILES string of the molecule is CCc1c2c(c(C)c3ccccc13)-c1c3c(cc(CC#N)cc3cc[n+]1C)O2. The highest BCUT2D eigenvalue weighted by Crippen LogP contribution is 2.50. The van der Waals surface area contributed by atoms with Crippen molar-refractivity contribution in [1.29, 1.82) is 5.26 Å². The fourth-order valence-electron chi connectivity index (χ4n) is 4.61. The minimum absolute atomic E-state index is 0.382. The molecule has 0 fully saturated rings. The number of benzene rings is 3. The van der Waals surface area contributed by atoms with Gasteiger partial charge in [-0.15, -0.1) is 0 Å². The first-order chi connectivity index (χ1) is 13.6. The summed E-state index contributed by atoms with van der Waals surface area (Å²) in [4.78, 5) is 0. The summed E-state index contributed by atoms with van der Waals surface area (Å²) in [5.74, 6) is 1.81. The minimum Gasteiger partial charge on any atom is -0.455 e. The molecule has 0 bridgehead atoms. The molecule has 1 aromatic heterocycles. The number of nitrogens with zero attached hydrogens (tertiary/aromatic N) is 2. The highest BCUT2D eigenvalue weighted by atomic mass is 16.5. The lowest BCUT2D eigenvalue weighted by Gasteiger charge is -2.25. The van der Waals surface area contributed by atoms with Gasteiger partial charge in [0.2, 0.25) is 5.69 Å². The number of pyridine rings is 1. The Kier molecular flexibility index (Phi) is 3.64. The number of nitriles is 1. The zero-order chi connectivity index (χ0) is 19.4. The van der Waals surface area contributed by atoms with Crippen LogP contribution in [-0.4, -0.2) is 0 Å². The van der Waals surface area contributed by atoms with Gasteiger partial charge in [0.15, 0.2) is 6.20 Å². The van der Waals surface area contributed by atoms with E-state index >= 15 is 0 Å². The van der Waals surface area contributed by atoms with Crippen LogP contribution in [0, 0.1) is 18.3 Å². The van der Waals surface area contributed by atoms with Gasteiger partial charge in [-0.1, -0.05) is 31.2 Å². The largest absolute Gasteiger partial charge is 0.455 e. The lowest BCUT2D eigenvalue weighted by Crippen LogP contribution is -2.32. The quantitative estimate of drug-likeness (QED) is 0.386. The van der Waals surface area contributed by atoms with Crippen molar-refractivity contribution in [2.24, 2.45) is 7.05 Å². The fourth-order valence-corrected chi connectivity index (χ4v) is 4.61. The number of fused-ring (bicyclic) bond motifs is 3. The fraction of sp³-hybridized carbons (Fsp3) is 0.200. The maximum absolute atomic E-state index is 9.17. The zero-order valence-corrected chi connectivity index (χ0v) is 16.3. The lowest BCUT2D eigenvalue weighted by molar-refractivity contribution is -0.659. The molecule has 4 aromatic rings. The van der Waals surface area contributed by atoms with E-state index in [4.69, 9.17) is 10.00 Å². The Morgan fingerprint density at radius 1 is 1.11 bits per heavy atom. The van der Waals surface area contributed by atoms with Crippen LogP contribution in [0.2, 0.25) is 0 Å². The van der Waals surface area contributed by atoms with Crippen LogP contribution in [0.3, 0.4) is 0 Å². The normalized spacial score (nSPS) is 11.9. The Morgan fingerprint density at radius 3 is 2.64 bits per heavy atom. The number of aryl methyl sites for hydroxylation is 3. The number of hydrogen-bond donors (Lipinski definition) is 0. The number of hydrogen-bond acceptors (Lipinski definition) is 2. The molecule has 3 heteroatoms. The highest BCUT2D eigenvalue weighted by molar-refractivity contribution is 6.06. The van der Waals surface area contributed by atoms with Crippen molar-refractivity contribution in [3.05, 3.63) is 65.4 Å². The maximum atomic E-state index is 9.17. The summed E-state index contributed by atoms with van der Waals surface area (Å²) >= 11 is 0. The second-order valence-electron chi connectivity index (χ2n) is 7.48. The summed E-state index contributed by atoms with van der Waals surface area (Å²) < 4.78 is 8.77. The Morgan fingerprint density at radius 2 is 1.89 bits per heavy atom. The predicted octanol–water partition coefficient (Wildman–Crippen LogP) is 5.53. The number of ether oxygens (including phenoxy) is 1. The Labute approximate surface area is 164 Å². The molecule has 2 heterocycles. The molecule has 1 aliphatic heterocycles. The number of rotatable bonds is 2. The van der Waals surface area contributed by atoms with Gasteiger partial charge in [-0.2, -0.15) is 5.26 Å². The van der Waals surface area contributed by atoms with Crippen molar-refractivity contribution in [3.8, 4) is 28.8 Å². The molecule has 0 spiro atoms. The van der Waals surface area contributed by atoms with Crippen molar-refractivity contribution in [2.45, 2.75) is 26.7 Å². The molecular weight excluding hydrogens is 344 g/mol. The molecule has 5 rings (SSSR count). The van der Waals surface area contributed by atoms with E-state index in [9.17, 15) is 0 Å². The van der Waals surface area contributed by atoms with Gasteiger partial charge in [-0.3, -0.25) is 0 Å². The molecule has 0 radical (unpaired) electrons. The Bertz CT molecular complexity index is 1330. The maximum Gasteiger partial charge on any atom is 0.228 e. The molecule has 0 saturated carbocycles. The Hall–Kier alpha value is -3.38. The van der Waals surface area contributed by atoms with E-state index in [1.807, 2.05) is 6.07 Å². The van der Waals surface area contributed by atoms with E-state index in [0.29, 0.717) is 6.42 Å². The van der Waals surface area contributed by atoms with Crippen LogP contribution in [0.5, 0.6) is 11.5 Å². The van der Waals surface area contributed by atoms with E-state index in [0.717, 1.165) is 34.3 Å². The van der Waals surface area contributed by atoms with E-state index in [1.165, 1.54) is 33.2 Å². The Balaban J connectivity index is 1.98. The third kappa shape index (κ3) is 2.18. The number of aromatic nitrogens is 1. The van der Waals surface area contributed by atoms with Gasteiger partial charge < -0.3 is 4.74 Å². The minimum atomic E-state index is 0.382. The molecule has 0 atom stereocenters. The van der Waals surface area contributed by atoms with Gasteiger partial charge in [-0.25, -0.2) is 4.57 Å². The second-order valence-corrected chi connectivity index (χ2v) is 7.48. The van der Waals surface area contributed by atoms with E-state index in [2.05, 4.69) is 74.1 Å². The smallest absolute Gasteiger partial charge is 0.228 e. The molecule has 0 amide bonds. The van der Waals surface area contributed by atoms with Crippen molar-refractivity contribution in [1.82, 2.24) is 0 Å². The molecule has 1 aliphatic rings. The predicted molar refractivity (Wildman–Crippen MR) is 112 cm³/mol. The van der Waals surface area contributed by atoms with Gasteiger partial charge in [0.1, 0.15) is 18.5 Å². The summed E-state index contributed by atoms with van der Waals surface area (Å²) in [5, 5.41) is 13.9. The van der Waals surface area contributed by atoms with Crippen LogP contribution < -0.4 is 9.30 Å². The molecule has 0 aliphatic carbocycles. The molecule has 0 N–H and O–H groups in total. The summed E-state index contributed by atoms with van der Waals surface area (Å²) in [6.07, 6.45) is 3.38. The van der Waals surface area contributed by atoms with Crippen LogP contribution in [0.1, 0.15) is 23.6 Å². The van der Waals surface area contributed by atoms with Gasteiger partial charge in [-0.05, 0) is 52.8 Å². The summed E-state index contributed by atoms with van der Waals surface area (Å²) in [6, 6.07) is 17.1. The van der Waals surface area contributed by atoms with Crippen LogP contribution in [0.15, 0.2) is 48.7 Å². The molecular formula is C25H21N2O+. The van der Waals surface area contributed by atoms with Crippen molar-refractivity contribution in [3.63, 3.8) is 0 Å².